The summed E-state index contributed by atoms with van der Waals surface area (Å²) in [5, 5.41) is 23.9. The standard InChI is InChI=1S/C20H12Br2N2O2/c21-17-8-12(9-18(22)19(17)25)7-15(11-23)20(26)24-16-6-5-13-3-1-2-4-14(13)10-16/h1-10,25H,(H,24,26)/b15-7+. The second-order valence-corrected chi connectivity index (χ2v) is 7.23. The number of aromatic hydroxyl groups is 1. The van der Waals surface area contributed by atoms with Gasteiger partial charge in [0.1, 0.15) is 17.4 Å². The summed E-state index contributed by atoms with van der Waals surface area (Å²) in [6.45, 7) is 0. The molecule has 0 bridgehead atoms. The smallest absolute Gasteiger partial charge is 0.266 e. The van der Waals surface area contributed by atoms with E-state index in [2.05, 4.69) is 37.2 Å². The zero-order valence-electron chi connectivity index (χ0n) is 13.3. The quantitative estimate of drug-likeness (QED) is 0.384. The minimum absolute atomic E-state index is 0.0392. The van der Waals surface area contributed by atoms with Crippen molar-refractivity contribution in [1.29, 1.82) is 5.26 Å². The van der Waals surface area contributed by atoms with Crippen LogP contribution < -0.4 is 5.32 Å². The lowest BCUT2D eigenvalue weighted by atomic mass is 10.1. The number of rotatable bonds is 3. The molecule has 0 atom stereocenters. The average Bonchev–Trinajstić information content (AvgIpc) is 2.63. The third kappa shape index (κ3) is 3.96. The predicted molar refractivity (Wildman–Crippen MR) is 110 cm³/mol. The van der Waals surface area contributed by atoms with Crippen LogP contribution >= 0.6 is 31.9 Å². The number of fused-ring (bicyclic) bond motifs is 1. The summed E-state index contributed by atoms with van der Waals surface area (Å²) in [6, 6.07) is 18.6. The van der Waals surface area contributed by atoms with Crippen molar-refractivity contribution < 1.29 is 9.90 Å². The molecule has 0 fully saturated rings. The first-order valence-corrected chi connectivity index (χ1v) is 9.16. The normalized spacial score (nSPS) is 11.2. The van der Waals surface area contributed by atoms with E-state index in [1.165, 1.54) is 6.08 Å². The van der Waals surface area contributed by atoms with Crippen LogP contribution in [-0.4, -0.2) is 11.0 Å². The number of hydrogen-bond acceptors (Lipinski definition) is 3. The van der Waals surface area contributed by atoms with E-state index in [9.17, 15) is 15.2 Å². The number of phenolic OH excluding ortho intramolecular Hbond substituents is 1. The number of benzene rings is 3. The van der Waals surface area contributed by atoms with Gasteiger partial charge in [-0.3, -0.25) is 4.79 Å². The number of hydrogen-bond donors (Lipinski definition) is 2. The van der Waals surface area contributed by atoms with E-state index < -0.39 is 5.91 Å². The Morgan fingerprint density at radius 2 is 1.69 bits per heavy atom. The molecule has 2 N–H and O–H groups in total. The number of carbonyl (C=O) groups is 1. The molecule has 3 aromatic carbocycles. The van der Waals surface area contributed by atoms with E-state index in [4.69, 9.17) is 0 Å². The van der Waals surface area contributed by atoms with Gasteiger partial charge < -0.3 is 10.4 Å². The molecule has 0 saturated heterocycles. The Morgan fingerprint density at radius 3 is 2.35 bits per heavy atom. The lowest BCUT2D eigenvalue weighted by molar-refractivity contribution is -0.112. The first-order valence-electron chi connectivity index (χ1n) is 7.58. The summed E-state index contributed by atoms with van der Waals surface area (Å²) in [4.78, 5) is 12.4. The largest absolute Gasteiger partial charge is 0.506 e. The maximum absolute atomic E-state index is 12.4. The van der Waals surface area contributed by atoms with Crippen LogP contribution in [0.25, 0.3) is 16.8 Å². The molecule has 26 heavy (non-hydrogen) atoms. The molecule has 0 radical (unpaired) electrons. The molecular formula is C20H12Br2N2O2. The third-order valence-electron chi connectivity index (χ3n) is 3.72. The molecule has 4 nitrogen and oxygen atoms in total. The van der Waals surface area contributed by atoms with Gasteiger partial charge in [-0.25, -0.2) is 0 Å². The molecule has 0 aliphatic rings. The predicted octanol–water partition coefficient (Wildman–Crippen LogP) is 5.62. The Balaban J connectivity index is 1.87. The number of anilines is 1. The van der Waals surface area contributed by atoms with Crippen LogP contribution in [0.4, 0.5) is 5.69 Å². The van der Waals surface area contributed by atoms with E-state index in [1.54, 1.807) is 18.2 Å². The highest BCUT2D eigenvalue weighted by atomic mass is 79.9. The number of nitrogens with one attached hydrogen (secondary N) is 1. The lowest BCUT2D eigenvalue weighted by Gasteiger charge is -2.07. The van der Waals surface area contributed by atoms with E-state index >= 15 is 0 Å². The van der Waals surface area contributed by atoms with Crippen molar-refractivity contribution in [3.05, 3.63) is 74.7 Å². The van der Waals surface area contributed by atoms with Crippen LogP contribution in [0.5, 0.6) is 5.75 Å². The lowest BCUT2D eigenvalue weighted by Crippen LogP contribution is -2.13. The Kier molecular flexibility index (Phi) is 5.40. The number of nitrogens with zero attached hydrogens (tertiary/aromatic N) is 1. The van der Waals surface area contributed by atoms with Crippen LogP contribution in [0.1, 0.15) is 5.56 Å². The molecule has 0 aromatic heterocycles. The first kappa shape index (κ1) is 18.2. The molecule has 1 amide bonds. The second kappa shape index (κ2) is 7.73. The molecule has 0 saturated carbocycles. The molecule has 128 valence electrons. The van der Waals surface area contributed by atoms with Crippen molar-refractivity contribution >= 4 is 60.3 Å². The average molecular weight is 472 g/mol. The fourth-order valence-corrected chi connectivity index (χ4v) is 3.67. The summed E-state index contributed by atoms with van der Waals surface area (Å²) >= 11 is 6.46. The molecule has 3 rings (SSSR count). The first-order chi connectivity index (χ1) is 12.5. The monoisotopic (exact) mass is 470 g/mol. The number of nitriles is 1. The van der Waals surface area contributed by atoms with Crippen molar-refractivity contribution in [1.82, 2.24) is 0 Å². The van der Waals surface area contributed by atoms with Crippen LogP contribution in [0.2, 0.25) is 0 Å². The molecular weight excluding hydrogens is 460 g/mol. The number of halogens is 2. The summed E-state index contributed by atoms with van der Waals surface area (Å²) in [7, 11) is 0. The Labute approximate surface area is 167 Å². The maximum Gasteiger partial charge on any atom is 0.266 e. The van der Waals surface area contributed by atoms with Gasteiger partial charge in [-0.15, -0.1) is 0 Å². The van der Waals surface area contributed by atoms with Crippen LogP contribution in [-0.2, 0) is 4.79 Å². The van der Waals surface area contributed by atoms with Gasteiger partial charge in [0.15, 0.2) is 0 Å². The van der Waals surface area contributed by atoms with Gasteiger partial charge in [0.25, 0.3) is 5.91 Å². The number of amides is 1. The minimum atomic E-state index is -0.497. The molecule has 3 aromatic rings. The van der Waals surface area contributed by atoms with E-state index in [0.29, 0.717) is 20.2 Å². The van der Waals surface area contributed by atoms with Crippen molar-refractivity contribution in [2.24, 2.45) is 0 Å². The minimum Gasteiger partial charge on any atom is -0.506 e. The summed E-state index contributed by atoms with van der Waals surface area (Å²) in [5.41, 5.74) is 1.18. The van der Waals surface area contributed by atoms with Gasteiger partial charge in [0.2, 0.25) is 0 Å². The third-order valence-corrected chi connectivity index (χ3v) is 4.93. The zero-order chi connectivity index (χ0) is 18.7. The van der Waals surface area contributed by atoms with Gasteiger partial charge in [-0.1, -0.05) is 30.3 Å². The van der Waals surface area contributed by atoms with Gasteiger partial charge in [-0.05, 0) is 78.5 Å². The van der Waals surface area contributed by atoms with Crippen molar-refractivity contribution in [2.75, 3.05) is 5.32 Å². The van der Waals surface area contributed by atoms with E-state index in [0.717, 1.165) is 10.8 Å². The van der Waals surface area contributed by atoms with Crippen molar-refractivity contribution in [3.63, 3.8) is 0 Å². The molecule has 0 spiro atoms. The Morgan fingerprint density at radius 1 is 1.04 bits per heavy atom. The molecule has 0 aliphatic carbocycles. The van der Waals surface area contributed by atoms with E-state index in [1.807, 2.05) is 42.5 Å². The topological polar surface area (TPSA) is 73.1 Å². The zero-order valence-corrected chi connectivity index (χ0v) is 16.5. The molecule has 0 aliphatic heterocycles. The number of phenols is 1. The fraction of sp³-hybridized carbons (Fsp3) is 0. The van der Waals surface area contributed by atoms with Crippen molar-refractivity contribution in [2.45, 2.75) is 0 Å². The van der Waals surface area contributed by atoms with Gasteiger partial charge >= 0.3 is 0 Å². The highest BCUT2D eigenvalue weighted by molar-refractivity contribution is 9.11. The summed E-state index contributed by atoms with van der Waals surface area (Å²) in [6.07, 6.45) is 1.46. The number of carbonyl (C=O) groups excluding carboxylic acids is 1. The Hall–Kier alpha value is -2.62. The summed E-state index contributed by atoms with van der Waals surface area (Å²) < 4.78 is 0.927. The van der Waals surface area contributed by atoms with Gasteiger partial charge in [0.05, 0.1) is 8.95 Å². The molecule has 6 heteroatoms. The van der Waals surface area contributed by atoms with Crippen LogP contribution in [0, 0.1) is 11.3 Å². The highest BCUT2D eigenvalue weighted by Gasteiger charge is 2.11. The van der Waals surface area contributed by atoms with Crippen LogP contribution in [0.15, 0.2) is 69.1 Å². The highest BCUT2D eigenvalue weighted by Crippen LogP contribution is 2.34. The fourth-order valence-electron chi connectivity index (χ4n) is 2.45. The van der Waals surface area contributed by atoms with E-state index in [-0.39, 0.29) is 11.3 Å². The SMILES string of the molecule is N#C/C(=C\c1cc(Br)c(O)c(Br)c1)C(=O)Nc1ccc2ccccc2c1. The van der Waals surface area contributed by atoms with Crippen LogP contribution in [0.3, 0.4) is 0 Å². The molecule has 0 heterocycles. The maximum atomic E-state index is 12.4. The Bertz CT molecular complexity index is 1060. The second-order valence-electron chi connectivity index (χ2n) is 5.52. The molecule has 0 unspecified atom stereocenters. The summed E-state index contributed by atoms with van der Waals surface area (Å²) in [5.74, 6) is -0.440. The van der Waals surface area contributed by atoms with Gasteiger partial charge in [0, 0.05) is 5.69 Å². The van der Waals surface area contributed by atoms with Gasteiger partial charge in [-0.2, -0.15) is 5.26 Å². The van der Waals surface area contributed by atoms with Crippen molar-refractivity contribution in [3.8, 4) is 11.8 Å².